The standard InChI is InChI=1S/C12H21N5O/c1-4-6-10-15-9(13)7-11(16-10)17(3)8-12(18)14-5-2/h7H,4-6,8H2,1-3H3,(H,14,18)(H2,13,15,16). The number of nitrogens with zero attached hydrogens (tertiary/aromatic N) is 3. The summed E-state index contributed by atoms with van der Waals surface area (Å²) in [4.78, 5) is 21.8. The summed E-state index contributed by atoms with van der Waals surface area (Å²) in [6, 6.07) is 1.68. The quantitative estimate of drug-likeness (QED) is 0.772. The normalized spacial score (nSPS) is 10.2. The van der Waals surface area contributed by atoms with Gasteiger partial charge in [0.15, 0.2) is 0 Å². The molecule has 0 aliphatic rings. The van der Waals surface area contributed by atoms with Crippen LogP contribution in [0.25, 0.3) is 0 Å². The summed E-state index contributed by atoms with van der Waals surface area (Å²) in [7, 11) is 1.81. The second-order valence-electron chi connectivity index (χ2n) is 4.13. The van der Waals surface area contributed by atoms with E-state index >= 15 is 0 Å². The highest BCUT2D eigenvalue weighted by Crippen LogP contribution is 2.13. The van der Waals surface area contributed by atoms with Gasteiger partial charge in [-0.2, -0.15) is 0 Å². The number of hydrogen-bond acceptors (Lipinski definition) is 5. The molecule has 0 radical (unpaired) electrons. The number of nitrogens with two attached hydrogens (primary N) is 1. The van der Waals surface area contributed by atoms with Crippen LogP contribution in [-0.2, 0) is 11.2 Å². The molecule has 0 aliphatic heterocycles. The molecular weight excluding hydrogens is 230 g/mol. The first-order chi connectivity index (χ1) is 8.56. The first kappa shape index (κ1) is 14.2. The Bertz CT molecular complexity index is 407. The van der Waals surface area contributed by atoms with Crippen LogP contribution in [0.15, 0.2) is 6.07 Å². The van der Waals surface area contributed by atoms with Crippen LogP contribution < -0.4 is 16.0 Å². The summed E-state index contributed by atoms with van der Waals surface area (Å²) in [5.74, 6) is 1.80. The van der Waals surface area contributed by atoms with Crippen molar-refractivity contribution >= 4 is 17.5 Å². The largest absolute Gasteiger partial charge is 0.384 e. The lowest BCUT2D eigenvalue weighted by molar-refractivity contribution is -0.119. The van der Waals surface area contributed by atoms with E-state index in [4.69, 9.17) is 5.73 Å². The number of aryl methyl sites for hydroxylation is 1. The number of nitrogen functional groups attached to an aromatic ring is 1. The third-order valence-corrected chi connectivity index (χ3v) is 2.40. The molecule has 0 atom stereocenters. The summed E-state index contributed by atoms with van der Waals surface area (Å²) in [5, 5.41) is 2.75. The minimum absolute atomic E-state index is 0.0331. The van der Waals surface area contributed by atoms with Crippen molar-refractivity contribution in [1.82, 2.24) is 15.3 Å². The molecule has 6 nitrogen and oxygen atoms in total. The second-order valence-corrected chi connectivity index (χ2v) is 4.13. The van der Waals surface area contributed by atoms with E-state index in [-0.39, 0.29) is 12.5 Å². The predicted molar refractivity (Wildman–Crippen MR) is 72.4 cm³/mol. The molecule has 18 heavy (non-hydrogen) atoms. The molecule has 0 bridgehead atoms. The highest BCUT2D eigenvalue weighted by Gasteiger charge is 2.10. The van der Waals surface area contributed by atoms with Crippen molar-refractivity contribution in [3.05, 3.63) is 11.9 Å². The summed E-state index contributed by atoms with van der Waals surface area (Å²) in [5.41, 5.74) is 5.74. The molecule has 1 aromatic rings. The maximum Gasteiger partial charge on any atom is 0.239 e. The molecule has 0 saturated heterocycles. The van der Waals surface area contributed by atoms with Crippen molar-refractivity contribution < 1.29 is 4.79 Å². The van der Waals surface area contributed by atoms with Crippen LogP contribution in [0.2, 0.25) is 0 Å². The highest BCUT2D eigenvalue weighted by atomic mass is 16.2. The Balaban J connectivity index is 2.78. The van der Waals surface area contributed by atoms with Crippen LogP contribution in [0.5, 0.6) is 0 Å². The fraction of sp³-hybridized carbons (Fsp3) is 0.583. The third kappa shape index (κ3) is 4.20. The Morgan fingerprint density at radius 1 is 1.44 bits per heavy atom. The lowest BCUT2D eigenvalue weighted by atomic mass is 10.3. The van der Waals surface area contributed by atoms with Crippen molar-refractivity contribution in [2.75, 3.05) is 30.8 Å². The summed E-state index contributed by atoms with van der Waals surface area (Å²) < 4.78 is 0. The molecule has 1 heterocycles. The van der Waals surface area contributed by atoms with E-state index in [0.29, 0.717) is 18.2 Å². The number of carbonyl (C=O) groups is 1. The molecular formula is C12H21N5O. The van der Waals surface area contributed by atoms with Crippen LogP contribution >= 0.6 is 0 Å². The molecule has 3 N–H and O–H groups in total. The lowest BCUT2D eigenvalue weighted by Crippen LogP contribution is -2.35. The minimum Gasteiger partial charge on any atom is -0.384 e. The fourth-order valence-electron chi connectivity index (χ4n) is 1.58. The maximum absolute atomic E-state index is 11.5. The number of nitrogens with one attached hydrogen (secondary N) is 1. The third-order valence-electron chi connectivity index (χ3n) is 2.40. The Kier molecular flexibility index (Phi) is 5.35. The van der Waals surface area contributed by atoms with Gasteiger partial charge in [0.05, 0.1) is 6.54 Å². The SMILES string of the molecule is CCCc1nc(N)cc(N(C)CC(=O)NCC)n1. The Morgan fingerprint density at radius 2 is 2.17 bits per heavy atom. The average molecular weight is 251 g/mol. The van der Waals surface area contributed by atoms with Gasteiger partial charge in [0.1, 0.15) is 17.5 Å². The van der Waals surface area contributed by atoms with Crippen molar-refractivity contribution in [1.29, 1.82) is 0 Å². The lowest BCUT2D eigenvalue weighted by Gasteiger charge is -2.18. The molecule has 6 heteroatoms. The van der Waals surface area contributed by atoms with Crippen molar-refractivity contribution in [3.8, 4) is 0 Å². The van der Waals surface area contributed by atoms with Crippen molar-refractivity contribution in [2.45, 2.75) is 26.7 Å². The first-order valence-electron chi connectivity index (χ1n) is 6.18. The van der Waals surface area contributed by atoms with E-state index in [9.17, 15) is 4.79 Å². The zero-order valence-corrected chi connectivity index (χ0v) is 11.2. The number of likely N-dealkylation sites (N-methyl/N-ethyl adjacent to an activating group) is 2. The van der Waals surface area contributed by atoms with E-state index in [0.717, 1.165) is 18.7 Å². The average Bonchev–Trinajstić information content (AvgIpc) is 2.28. The van der Waals surface area contributed by atoms with Crippen LogP contribution in [0.4, 0.5) is 11.6 Å². The molecule has 1 rings (SSSR count). The van der Waals surface area contributed by atoms with Gasteiger partial charge in [0.25, 0.3) is 0 Å². The highest BCUT2D eigenvalue weighted by molar-refractivity contribution is 5.80. The topological polar surface area (TPSA) is 84.1 Å². The van der Waals surface area contributed by atoms with Gasteiger partial charge in [0.2, 0.25) is 5.91 Å². The van der Waals surface area contributed by atoms with E-state index in [1.165, 1.54) is 0 Å². The molecule has 0 saturated carbocycles. The van der Waals surface area contributed by atoms with E-state index in [1.54, 1.807) is 11.0 Å². The van der Waals surface area contributed by atoms with Crippen molar-refractivity contribution in [2.24, 2.45) is 0 Å². The number of anilines is 2. The van der Waals surface area contributed by atoms with E-state index in [2.05, 4.69) is 22.2 Å². The monoisotopic (exact) mass is 251 g/mol. The smallest absolute Gasteiger partial charge is 0.239 e. The molecule has 0 spiro atoms. The van der Waals surface area contributed by atoms with Gasteiger partial charge < -0.3 is 16.0 Å². The Hall–Kier alpha value is -1.85. The van der Waals surface area contributed by atoms with Crippen molar-refractivity contribution in [3.63, 3.8) is 0 Å². The van der Waals surface area contributed by atoms with Crippen LogP contribution in [0, 0.1) is 0 Å². The fourth-order valence-corrected chi connectivity index (χ4v) is 1.58. The van der Waals surface area contributed by atoms with Gasteiger partial charge in [-0.1, -0.05) is 6.92 Å². The summed E-state index contributed by atoms with van der Waals surface area (Å²) >= 11 is 0. The van der Waals surface area contributed by atoms with Crippen LogP contribution in [-0.4, -0.2) is 36.0 Å². The van der Waals surface area contributed by atoms with Gasteiger partial charge in [-0.25, -0.2) is 9.97 Å². The zero-order valence-electron chi connectivity index (χ0n) is 11.2. The Labute approximate surface area is 108 Å². The summed E-state index contributed by atoms with van der Waals surface area (Å²) in [6.45, 7) is 4.83. The van der Waals surface area contributed by atoms with Gasteiger partial charge >= 0.3 is 0 Å². The predicted octanol–water partition coefficient (Wildman–Crippen LogP) is 0.584. The maximum atomic E-state index is 11.5. The molecule has 1 amide bonds. The van der Waals surface area contributed by atoms with Crippen LogP contribution in [0.1, 0.15) is 26.1 Å². The molecule has 0 aliphatic carbocycles. The van der Waals surface area contributed by atoms with Gasteiger partial charge in [-0.15, -0.1) is 0 Å². The minimum atomic E-state index is -0.0331. The van der Waals surface area contributed by atoms with Gasteiger partial charge in [-0.3, -0.25) is 4.79 Å². The molecule has 1 aromatic heterocycles. The number of aromatic nitrogens is 2. The number of carbonyl (C=O) groups excluding carboxylic acids is 1. The molecule has 0 fully saturated rings. The zero-order chi connectivity index (χ0) is 13.5. The molecule has 0 aromatic carbocycles. The van der Waals surface area contributed by atoms with E-state index < -0.39 is 0 Å². The Morgan fingerprint density at radius 3 is 2.78 bits per heavy atom. The number of amides is 1. The summed E-state index contributed by atoms with van der Waals surface area (Å²) in [6.07, 6.45) is 1.75. The number of rotatable bonds is 6. The molecule has 0 unspecified atom stereocenters. The van der Waals surface area contributed by atoms with Crippen LogP contribution in [0.3, 0.4) is 0 Å². The van der Waals surface area contributed by atoms with E-state index in [1.807, 2.05) is 14.0 Å². The first-order valence-corrected chi connectivity index (χ1v) is 6.18. The van der Waals surface area contributed by atoms with Gasteiger partial charge in [0, 0.05) is 26.1 Å². The second kappa shape index (κ2) is 6.78. The number of hydrogen-bond donors (Lipinski definition) is 2. The molecule has 100 valence electrons. The van der Waals surface area contributed by atoms with Gasteiger partial charge in [-0.05, 0) is 13.3 Å².